The number of nitrogens with two attached hydrogens (primary N) is 1. The Bertz CT molecular complexity index is 780. The fraction of sp³-hybridized carbons (Fsp3) is 0.455. The van der Waals surface area contributed by atoms with Crippen LogP contribution >= 0.6 is 11.6 Å². The predicted octanol–water partition coefficient (Wildman–Crippen LogP) is 0.869. The van der Waals surface area contributed by atoms with Crippen molar-refractivity contribution in [1.82, 2.24) is 4.31 Å². The minimum Gasteiger partial charge on any atom is -0.396 e. The highest BCUT2D eigenvalue weighted by Gasteiger charge is 2.37. The first-order valence-electron chi connectivity index (χ1n) is 5.97. The van der Waals surface area contributed by atoms with Crippen LogP contribution in [0, 0.1) is 5.82 Å². The lowest BCUT2D eigenvalue weighted by molar-refractivity contribution is 0.391. The van der Waals surface area contributed by atoms with Crippen LogP contribution < -0.4 is 5.73 Å². The first-order chi connectivity index (χ1) is 9.54. The quantitative estimate of drug-likeness (QED) is 0.810. The lowest BCUT2D eigenvalue weighted by Crippen LogP contribution is -2.38. The van der Waals surface area contributed by atoms with Crippen LogP contribution in [0.1, 0.15) is 6.42 Å². The third-order valence-corrected chi connectivity index (χ3v) is 7.29. The van der Waals surface area contributed by atoms with Gasteiger partial charge in [0.25, 0.3) is 0 Å². The van der Waals surface area contributed by atoms with E-state index in [2.05, 4.69) is 0 Å². The second kappa shape index (κ2) is 5.38. The first kappa shape index (κ1) is 16.5. The van der Waals surface area contributed by atoms with Gasteiger partial charge in [-0.05, 0) is 18.6 Å². The Morgan fingerprint density at radius 3 is 2.57 bits per heavy atom. The van der Waals surface area contributed by atoms with E-state index in [0.717, 1.165) is 16.4 Å². The van der Waals surface area contributed by atoms with Crippen LogP contribution in [0.15, 0.2) is 17.0 Å². The third kappa shape index (κ3) is 3.15. The van der Waals surface area contributed by atoms with Gasteiger partial charge in [0.2, 0.25) is 10.0 Å². The van der Waals surface area contributed by atoms with Gasteiger partial charge in [-0.15, -0.1) is 0 Å². The average molecular weight is 357 g/mol. The van der Waals surface area contributed by atoms with Crippen molar-refractivity contribution in [3.63, 3.8) is 0 Å². The van der Waals surface area contributed by atoms with Gasteiger partial charge in [0.05, 0.1) is 17.2 Å². The number of benzene rings is 1. The Hall–Kier alpha value is -0.900. The van der Waals surface area contributed by atoms with Gasteiger partial charge in [-0.2, -0.15) is 4.31 Å². The second-order valence-corrected chi connectivity index (χ2v) is 9.52. The normalized spacial score (nSPS) is 21.8. The van der Waals surface area contributed by atoms with Gasteiger partial charge in [-0.3, -0.25) is 0 Å². The molecule has 10 heteroatoms. The molecule has 0 spiro atoms. The van der Waals surface area contributed by atoms with Gasteiger partial charge in [0.1, 0.15) is 4.90 Å². The zero-order valence-electron chi connectivity index (χ0n) is 11.1. The summed E-state index contributed by atoms with van der Waals surface area (Å²) in [6, 6.07) is 1.35. The molecule has 2 N–H and O–H groups in total. The number of hydrogen-bond donors (Lipinski definition) is 1. The maximum atomic E-state index is 14.0. The Labute approximate surface area is 127 Å². The zero-order chi connectivity index (χ0) is 16.0. The fourth-order valence-electron chi connectivity index (χ4n) is 2.19. The first-order valence-corrected chi connectivity index (χ1v) is 9.61. The molecule has 1 aromatic carbocycles. The number of halogens is 2. The summed E-state index contributed by atoms with van der Waals surface area (Å²) in [5.74, 6) is -1.45. The Morgan fingerprint density at radius 2 is 2.05 bits per heavy atom. The maximum Gasteiger partial charge on any atom is 0.246 e. The van der Waals surface area contributed by atoms with E-state index in [1.165, 1.54) is 7.05 Å². The third-order valence-electron chi connectivity index (χ3n) is 3.41. The molecular weight excluding hydrogens is 343 g/mol. The monoisotopic (exact) mass is 356 g/mol. The van der Waals surface area contributed by atoms with Crippen LogP contribution in [0.2, 0.25) is 5.02 Å². The van der Waals surface area contributed by atoms with Crippen molar-refractivity contribution in [1.29, 1.82) is 0 Å². The molecule has 0 radical (unpaired) electrons. The zero-order valence-corrected chi connectivity index (χ0v) is 13.5. The highest BCUT2D eigenvalue weighted by atomic mass is 35.5. The summed E-state index contributed by atoms with van der Waals surface area (Å²) in [6.45, 7) is 0. The van der Waals surface area contributed by atoms with Crippen molar-refractivity contribution in [3.8, 4) is 0 Å². The summed E-state index contributed by atoms with van der Waals surface area (Å²) in [5.41, 5.74) is 5.00. The van der Waals surface area contributed by atoms with Crippen LogP contribution in [0.4, 0.5) is 10.1 Å². The van der Waals surface area contributed by atoms with E-state index in [9.17, 15) is 21.2 Å². The van der Waals surface area contributed by atoms with Gasteiger partial charge >= 0.3 is 0 Å². The van der Waals surface area contributed by atoms with Gasteiger partial charge in [-0.1, -0.05) is 11.6 Å². The van der Waals surface area contributed by atoms with Crippen molar-refractivity contribution in [2.45, 2.75) is 17.4 Å². The molecule has 1 saturated heterocycles. The van der Waals surface area contributed by atoms with Crippen LogP contribution in [0.3, 0.4) is 0 Å². The molecule has 0 amide bonds. The second-order valence-electron chi connectivity index (χ2n) is 4.89. The predicted molar refractivity (Wildman–Crippen MR) is 77.8 cm³/mol. The minimum absolute atomic E-state index is 0.0140. The molecule has 1 aliphatic heterocycles. The number of nitrogens with zero attached hydrogens (tertiary/aromatic N) is 1. The molecule has 1 heterocycles. The molecule has 1 aromatic rings. The molecule has 6 nitrogen and oxygen atoms in total. The van der Waals surface area contributed by atoms with Crippen molar-refractivity contribution < 1.29 is 21.2 Å². The van der Waals surface area contributed by atoms with Crippen molar-refractivity contribution in [3.05, 3.63) is 23.0 Å². The smallest absolute Gasteiger partial charge is 0.246 e. The molecule has 1 aliphatic rings. The molecule has 1 unspecified atom stereocenters. The van der Waals surface area contributed by atoms with E-state index >= 15 is 0 Å². The topological polar surface area (TPSA) is 97.5 Å². The highest BCUT2D eigenvalue weighted by Crippen LogP contribution is 2.29. The minimum atomic E-state index is -4.22. The van der Waals surface area contributed by atoms with E-state index in [4.69, 9.17) is 17.3 Å². The van der Waals surface area contributed by atoms with Crippen LogP contribution in [-0.2, 0) is 19.9 Å². The van der Waals surface area contributed by atoms with E-state index in [0.29, 0.717) is 0 Å². The van der Waals surface area contributed by atoms with Crippen molar-refractivity contribution in [2.24, 2.45) is 0 Å². The SMILES string of the molecule is CN(C1CCS(=O)(=O)C1)S(=O)(=O)c1cc(Cl)cc(N)c1F. The Balaban J connectivity index is 2.43. The number of sulfonamides is 1. The average Bonchev–Trinajstić information content (AvgIpc) is 2.73. The molecule has 2 rings (SSSR count). The van der Waals surface area contributed by atoms with Crippen molar-refractivity contribution >= 4 is 37.1 Å². The number of anilines is 1. The van der Waals surface area contributed by atoms with Gasteiger partial charge in [0.15, 0.2) is 15.7 Å². The largest absolute Gasteiger partial charge is 0.396 e. The fourth-order valence-corrected chi connectivity index (χ4v) is 5.85. The van der Waals surface area contributed by atoms with Crippen LogP contribution in [0.5, 0.6) is 0 Å². The van der Waals surface area contributed by atoms with E-state index in [1.807, 2.05) is 0 Å². The van der Waals surface area contributed by atoms with E-state index < -0.39 is 36.6 Å². The standard InChI is InChI=1S/C11H14ClFN2O4S2/c1-15(8-2-3-20(16,17)6-8)21(18,19)10-5-7(12)4-9(14)11(10)13/h4-5,8H,2-3,6,14H2,1H3. The van der Waals surface area contributed by atoms with E-state index in [-0.39, 0.29) is 28.6 Å². The van der Waals surface area contributed by atoms with E-state index in [1.54, 1.807) is 0 Å². The number of hydrogen-bond acceptors (Lipinski definition) is 5. The lowest BCUT2D eigenvalue weighted by Gasteiger charge is -2.23. The lowest BCUT2D eigenvalue weighted by atomic mass is 10.3. The molecule has 21 heavy (non-hydrogen) atoms. The summed E-state index contributed by atoms with van der Waals surface area (Å²) >= 11 is 5.71. The molecule has 1 atom stereocenters. The summed E-state index contributed by atoms with van der Waals surface area (Å²) in [7, 11) is -6.26. The highest BCUT2D eigenvalue weighted by molar-refractivity contribution is 7.92. The molecular formula is C11H14ClFN2O4S2. The Morgan fingerprint density at radius 1 is 1.43 bits per heavy atom. The number of nitrogen functional groups attached to an aromatic ring is 1. The van der Waals surface area contributed by atoms with Gasteiger partial charge in [-0.25, -0.2) is 21.2 Å². The molecule has 1 fully saturated rings. The summed E-state index contributed by atoms with van der Waals surface area (Å²) < 4.78 is 62.6. The summed E-state index contributed by atoms with van der Waals surface area (Å²) in [4.78, 5) is -0.653. The molecule has 0 saturated carbocycles. The molecule has 0 aromatic heterocycles. The van der Waals surface area contributed by atoms with Gasteiger partial charge in [0, 0.05) is 18.1 Å². The molecule has 0 bridgehead atoms. The molecule has 0 aliphatic carbocycles. The molecule has 118 valence electrons. The summed E-state index contributed by atoms with van der Waals surface area (Å²) in [5, 5.41) is -0.0140. The van der Waals surface area contributed by atoms with Crippen molar-refractivity contribution in [2.75, 3.05) is 24.3 Å². The number of sulfone groups is 1. The maximum absolute atomic E-state index is 14.0. The number of rotatable bonds is 3. The van der Waals surface area contributed by atoms with Gasteiger partial charge < -0.3 is 5.73 Å². The summed E-state index contributed by atoms with van der Waals surface area (Å²) in [6.07, 6.45) is 0.176. The Kier molecular flexibility index (Phi) is 4.22. The van der Waals surface area contributed by atoms with Crippen LogP contribution in [0.25, 0.3) is 0 Å². The van der Waals surface area contributed by atoms with Crippen LogP contribution in [-0.4, -0.2) is 45.7 Å².